The van der Waals surface area contributed by atoms with Crippen LogP contribution in [-0.4, -0.2) is 15.6 Å². The van der Waals surface area contributed by atoms with Crippen LogP contribution in [0.5, 0.6) is 11.5 Å². The van der Waals surface area contributed by atoms with Crippen molar-refractivity contribution in [2.45, 2.75) is 137 Å². The van der Waals surface area contributed by atoms with E-state index in [-0.39, 0.29) is 53.7 Å². The van der Waals surface area contributed by atoms with Crippen molar-refractivity contribution in [1.29, 1.82) is 0 Å². The van der Waals surface area contributed by atoms with Crippen LogP contribution in [0.1, 0.15) is 140 Å². The number of fused-ring (bicyclic) bond motifs is 5. The second-order valence-electron chi connectivity index (χ2n) is 26.6. The van der Waals surface area contributed by atoms with Crippen LogP contribution in [0.4, 0.5) is 22.7 Å². The first kappa shape index (κ1) is 51.7. The van der Waals surface area contributed by atoms with E-state index >= 15 is 0 Å². The Morgan fingerprint density at radius 1 is 0.580 bits per heavy atom. The van der Waals surface area contributed by atoms with Crippen LogP contribution in [-0.2, 0) is 48.1 Å². The predicted molar refractivity (Wildman–Crippen MR) is 336 cm³/mol. The number of ether oxygens (including phenoxy) is 1. The largest absolute Gasteiger partial charge is 2.00 e. The number of hydrogen-bond acceptors (Lipinski definition) is 2. The Morgan fingerprint density at radius 3 is 1.89 bits per heavy atom. The molecule has 3 heterocycles. The zero-order valence-corrected chi connectivity index (χ0v) is 51.4. The fraction of sp³-hybridized carbons (Fsp3) is 0.280. The minimum atomic E-state index is -2.37. The van der Waals surface area contributed by atoms with Crippen LogP contribution < -0.4 is 13.9 Å². The Bertz CT molecular complexity index is 4290. The molecule has 8 aromatic carbocycles. The van der Waals surface area contributed by atoms with Gasteiger partial charge in [-0.25, -0.2) is 4.98 Å². The maximum Gasteiger partial charge on any atom is 2.00 e. The van der Waals surface area contributed by atoms with Gasteiger partial charge >= 0.3 is 27.1 Å². The summed E-state index contributed by atoms with van der Waals surface area (Å²) in [6.45, 7) is 27.6. The fourth-order valence-corrected chi connectivity index (χ4v) is 12.3. The number of hydrogen-bond donors (Lipinski definition) is 0. The Kier molecular flexibility index (Phi) is 12.9. The molecular formula is C75H74N4OPt+2. The Balaban J connectivity index is 0.00000736. The molecule has 2 aliphatic rings. The molecule has 10 aromatic rings. The summed E-state index contributed by atoms with van der Waals surface area (Å²) in [5, 5.41) is 1.38. The van der Waals surface area contributed by atoms with Gasteiger partial charge in [-0.15, -0.1) is 23.6 Å². The summed E-state index contributed by atoms with van der Waals surface area (Å²) in [7, 11) is 0. The summed E-state index contributed by atoms with van der Waals surface area (Å²) in [5.41, 5.74) is 18.2. The van der Waals surface area contributed by atoms with E-state index in [1.54, 1.807) is 6.07 Å². The van der Waals surface area contributed by atoms with E-state index in [1.165, 1.54) is 27.8 Å². The monoisotopic (exact) mass is 1240 g/mol. The van der Waals surface area contributed by atoms with Crippen molar-refractivity contribution in [2.24, 2.45) is 0 Å². The average Bonchev–Trinajstić information content (AvgIpc) is 1.55. The summed E-state index contributed by atoms with van der Waals surface area (Å²) in [5.74, 6) is 1.60. The third-order valence-electron chi connectivity index (χ3n) is 16.8. The molecule has 0 bridgehead atoms. The number of aryl methyl sites for hydroxylation is 1. The van der Waals surface area contributed by atoms with Crippen LogP contribution in [0.3, 0.4) is 0 Å². The van der Waals surface area contributed by atoms with Crippen molar-refractivity contribution in [1.82, 2.24) is 18.7 Å². The van der Waals surface area contributed by atoms with Crippen LogP contribution in [0, 0.1) is 19.0 Å². The van der Waals surface area contributed by atoms with Gasteiger partial charge in [-0.2, -0.15) is 12.1 Å². The number of benzene rings is 8. The van der Waals surface area contributed by atoms with Crippen molar-refractivity contribution < 1.29 is 29.9 Å². The third kappa shape index (κ3) is 9.95. The Labute approximate surface area is 499 Å². The molecule has 5 nitrogen and oxygen atoms in total. The van der Waals surface area contributed by atoms with Crippen LogP contribution >= 0.6 is 0 Å². The SMILES string of the molecule is [2H]C([2H])([2H])c1cccc2c1c1ccc(Oc3[c-]c([N+]4=C=[N+](c5c(-c6ccccc6)cccc5-c5cc(C(C)(C)C)cc(C(C)(C)C)c5)c5ccccc54)ccc3)[c-]c1n2-c1cc(C(C)(C)C)c(-c2cccc3c2C(C)(C)CCC3(C)C)cn1.[Pt+2]. The van der Waals surface area contributed by atoms with Gasteiger partial charge in [0.15, 0.2) is 0 Å². The van der Waals surface area contributed by atoms with E-state index in [1.807, 2.05) is 48.7 Å². The maximum atomic E-state index is 8.72. The number of rotatable bonds is 8. The molecule has 0 saturated carbocycles. The van der Waals surface area contributed by atoms with Gasteiger partial charge in [-0.3, -0.25) is 0 Å². The molecule has 1 aliphatic heterocycles. The van der Waals surface area contributed by atoms with E-state index in [0.717, 1.165) is 79.9 Å². The molecule has 2 aromatic heterocycles. The predicted octanol–water partition coefficient (Wildman–Crippen LogP) is 20.0. The smallest absolute Gasteiger partial charge is 0.509 e. The van der Waals surface area contributed by atoms with Gasteiger partial charge in [0.05, 0.1) is 11.1 Å². The second kappa shape index (κ2) is 20.2. The summed E-state index contributed by atoms with van der Waals surface area (Å²) < 4.78 is 39.3. The zero-order valence-electron chi connectivity index (χ0n) is 52.1. The molecule has 0 fully saturated rings. The van der Waals surface area contributed by atoms with E-state index in [9.17, 15) is 0 Å². The molecular weight excluding hydrogens is 1170 g/mol. The van der Waals surface area contributed by atoms with E-state index in [2.05, 4.69) is 237 Å². The summed E-state index contributed by atoms with van der Waals surface area (Å²) in [4.78, 5) is 5.32. The van der Waals surface area contributed by atoms with Gasteiger partial charge in [-0.05, 0) is 126 Å². The van der Waals surface area contributed by atoms with Crippen LogP contribution in [0.15, 0.2) is 170 Å². The fourth-order valence-electron chi connectivity index (χ4n) is 12.3. The van der Waals surface area contributed by atoms with Crippen molar-refractivity contribution in [2.75, 3.05) is 0 Å². The first-order chi connectivity index (χ1) is 39.2. The molecule has 0 atom stereocenters. The number of pyridine rings is 1. The van der Waals surface area contributed by atoms with Crippen molar-refractivity contribution >= 4 is 50.6 Å². The average molecular weight is 1250 g/mol. The minimum absolute atomic E-state index is 0. The molecule has 6 heteroatoms. The van der Waals surface area contributed by atoms with Gasteiger partial charge in [0, 0.05) is 45.0 Å². The normalized spacial score (nSPS) is 15.4. The second-order valence-corrected chi connectivity index (χ2v) is 26.6. The van der Waals surface area contributed by atoms with E-state index in [0.29, 0.717) is 28.2 Å². The van der Waals surface area contributed by atoms with Crippen LogP contribution in [0.25, 0.3) is 61.0 Å². The quantitative estimate of drug-likeness (QED) is 0.112. The Hall–Kier alpha value is -7.42. The van der Waals surface area contributed by atoms with Gasteiger partial charge in [0.2, 0.25) is 5.69 Å². The number of aromatic nitrogens is 2. The molecule has 1 aliphatic carbocycles. The van der Waals surface area contributed by atoms with Crippen molar-refractivity contribution in [3.8, 4) is 50.7 Å². The summed E-state index contributed by atoms with van der Waals surface area (Å²) in [6.07, 6.45) is 4.25. The first-order valence-electron chi connectivity index (χ1n) is 29.8. The maximum absolute atomic E-state index is 8.72. The molecule has 12 rings (SSSR count). The topological polar surface area (TPSA) is 33.1 Å². The molecule has 0 saturated heterocycles. The van der Waals surface area contributed by atoms with Gasteiger partial charge in [0.1, 0.15) is 11.5 Å². The molecule has 0 N–H and O–H groups in total. The first-order valence-corrected chi connectivity index (χ1v) is 28.3. The molecule has 0 radical (unpaired) electrons. The third-order valence-corrected chi connectivity index (χ3v) is 16.8. The van der Waals surface area contributed by atoms with Gasteiger partial charge in [-0.1, -0.05) is 215 Å². The zero-order chi connectivity index (χ0) is 58.8. The molecule has 408 valence electrons. The molecule has 0 spiro atoms. The van der Waals surface area contributed by atoms with Gasteiger partial charge < -0.3 is 9.30 Å². The Morgan fingerprint density at radius 2 is 1.20 bits per heavy atom. The van der Waals surface area contributed by atoms with Gasteiger partial charge in [0.25, 0.3) is 11.4 Å². The standard InChI is InChI=1S/C75H74N4O.Pt/c1-48-24-20-35-65-68(48)59-37-36-55(44-66(59)79(65)67-45-62(73(8,9)10)60(46-76-67)58-31-23-32-61-69(58)75(13,14)39-38-74(61,11)12)80-54-28-21-27-53(43-54)77-47-78(64-34-19-18-33-63(64)77)70-56(49-25-16-15-17-26-49)29-22-30-57(70)50-40-51(71(2,3)4)42-52(41-50)72(5,6)7;/h15-37,40-42,45-46H,38-39H2,1-14H3;/q;+2/i1D3;. The summed E-state index contributed by atoms with van der Waals surface area (Å²) >= 11 is 0. The van der Waals surface area contributed by atoms with Crippen LogP contribution in [0.2, 0.25) is 0 Å². The summed E-state index contributed by atoms with van der Waals surface area (Å²) in [6, 6.07) is 68.1. The van der Waals surface area contributed by atoms with Crippen molar-refractivity contribution in [3.63, 3.8) is 0 Å². The van der Waals surface area contributed by atoms with Crippen molar-refractivity contribution in [3.05, 3.63) is 216 Å². The molecule has 81 heavy (non-hydrogen) atoms. The minimum Gasteiger partial charge on any atom is -0.509 e. The molecule has 0 unspecified atom stereocenters. The van der Waals surface area contributed by atoms with E-state index < -0.39 is 6.85 Å². The number of nitrogens with zero attached hydrogens (tertiary/aromatic N) is 4. The number of para-hydroxylation sites is 3. The van der Waals surface area contributed by atoms with E-state index in [4.69, 9.17) is 13.8 Å². The molecule has 0 amide bonds.